The molecule has 116 valence electrons. The summed E-state index contributed by atoms with van der Waals surface area (Å²) >= 11 is 1.45. The first-order chi connectivity index (χ1) is 10.3. The van der Waals surface area contributed by atoms with Crippen LogP contribution < -0.4 is 11.1 Å². The van der Waals surface area contributed by atoms with Crippen molar-refractivity contribution in [1.29, 1.82) is 0 Å². The molecule has 9 heteroatoms. The van der Waals surface area contributed by atoms with E-state index < -0.39 is 16.4 Å². The van der Waals surface area contributed by atoms with Crippen LogP contribution in [0.4, 0.5) is 11.5 Å². The van der Waals surface area contributed by atoms with Gasteiger partial charge < -0.3 is 16.2 Å². The minimum Gasteiger partial charge on any atom is -0.384 e. The largest absolute Gasteiger partial charge is 0.384 e. The van der Waals surface area contributed by atoms with Gasteiger partial charge in [0.1, 0.15) is 17.6 Å². The van der Waals surface area contributed by atoms with E-state index in [0.717, 1.165) is 12.3 Å². The van der Waals surface area contributed by atoms with Crippen LogP contribution in [0.15, 0.2) is 29.1 Å². The van der Waals surface area contributed by atoms with E-state index in [9.17, 15) is 20.0 Å². The quantitative estimate of drug-likeness (QED) is 0.545. The first-order valence-electron chi connectivity index (χ1n) is 6.24. The van der Waals surface area contributed by atoms with Crippen molar-refractivity contribution in [3.05, 3.63) is 50.3 Å². The van der Waals surface area contributed by atoms with Gasteiger partial charge in [-0.1, -0.05) is 0 Å². The lowest BCUT2D eigenvalue weighted by molar-refractivity contribution is -0.385. The summed E-state index contributed by atoms with van der Waals surface area (Å²) in [6.45, 7) is 1.67. The third-order valence-electron chi connectivity index (χ3n) is 3.09. The maximum Gasteiger partial charge on any atom is 0.288 e. The smallest absolute Gasteiger partial charge is 0.288 e. The molecule has 2 aromatic rings. The molecule has 0 spiro atoms. The van der Waals surface area contributed by atoms with Gasteiger partial charge >= 0.3 is 0 Å². The normalized spacial score (nSPS) is 13.4. The van der Waals surface area contributed by atoms with E-state index in [1.807, 2.05) is 5.38 Å². The lowest BCUT2D eigenvalue weighted by atomic mass is 9.99. The van der Waals surface area contributed by atoms with Crippen molar-refractivity contribution in [3.63, 3.8) is 0 Å². The van der Waals surface area contributed by atoms with E-state index in [0.29, 0.717) is 5.56 Å². The topological polar surface area (TPSA) is 131 Å². The van der Waals surface area contributed by atoms with E-state index in [1.165, 1.54) is 11.3 Å². The standard InChI is InChI=1S/C13H14N4O4S/c1-13(19,8-2-3-22-6-8)7-16-12-10(11(14)18)4-9(5-15-12)17(20)21/h2-6,19H,7H2,1H3,(H2,14,18)(H,15,16). The van der Waals surface area contributed by atoms with Crippen molar-refractivity contribution < 1.29 is 14.8 Å². The number of aliphatic hydroxyl groups is 1. The number of nitro groups is 1. The highest BCUT2D eigenvalue weighted by molar-refractivity contribution is 7.08. The predicted octanol–water partition coefficient (Wildman–Crippen LogP) is 1.47. The molecule has 8 nitrogen and oxygen atoms in total. The number of aromatic nitrogens is 1. The number of anilines is 1. The molecule has 0 fully saturated rings. The van der Waals surface area contributed by atoms with Crippen LogP contribution in [0.5, 0.6) is 0 Å². The summed E-state index contributed by atoms with van der Waals surface area (Å²) in [6, 6.07) is 2.83. The van der Waals surface area contributed by atoms with E-state index in [4.69, 9.17) is 5.73 Å². The first-order valence-corrected chi connectivity index (χ1v) is 7.18. The molecule has 0 saturated heterocycles. The molecule has 0 bridgehead atoms. The number of carbonyl (C=O) groups is 1. The Morgan fingerprint density at radius 2 is 2.36 bits per heavy atom. The summed E-state index contributed by atoms with van der Waals surface area (Å²) in [4.78, 5) is 25.3. The van der Waals surface area contributed by atoms with Crippen molar-refractivity contribution in [1.82, 2.24) is 4.98 Å². The molecule has 1 atom stereocenters. The molecule has 0 radical (unpaired) electrons. The van der Waals surface area contributed by atoms with E-state index in [1.54, 1.807) is 18.4 Å². The minimum atomic E-state index is -1.18. The molecule has 0 aliphatic carbocycles. The molecule has 0 aromatic carbocycles. The zero-order chi connectivity index (χ0) is 16.3. The fourth-order valence-electron chi connectivity index (χ4n) is 1.81. The van der Waals surface area contributed by atoms with Crippen LogP contribution in [0.2, 0.25) is 0 Å². The van der Waals surface area contributed by atoms with Gasteiger partial charge in [0.15, 0.2) is 0 Å². The zero-order valence-electron chi connectivity index (χ0n) is 11.6. The van der Waals surface area contributed by atoms with Crippen LogP contribution in [-0.2, 0) is 5.60 Å². The number of amides is 1. The van der Waals surface area contributed by atoms with Gasteiger partial charge in [-0.3, -0.25) is 14.9 Å². The number of thiophene rings is 1. The lowest BCUT2D eigenvalue weighted by Crippen LogP contribution is -2.31. The summed E-state index contributed by atoms with van der Waals surface area (Å²) in [5, 5.41) is 27.6. The van der Waals surface area contributed by atoms with Gasteiger partial charge in [0.05, 0.1) is 10.5 Å². The number of hydrogen-bond acceptors (Lipinski definition) is 7. The molecule has 0 saturated carbocycles. The Morgan fingerprint density at radius 3 is 2.91 bits per heavy atom. The molecular formula is C13H14N4O4S. The van der Waals surface area contributed by atoms with Crippen LogP contribution in [-0.4, -0.2) is 27.5 Å². The second kappa shape index (κ2) is 6.08. The average Bonchev–Trinajstić information content (AvgIpc) is 2.99. The van der Waals surface area contributed by atoms with Crippen LogP contribution in [0.25, 0.3) is 0 Å². The summed E-state index contributed by atoms with van der Waals surface area (Å²) in [7, 11) is 0. The molecular weight excluding hydrogens is 308 g/mol. The van der Waals surface area contributed by atoms with Gasteiger partial charge in [-0.05, 0) is 29.3 Å². The van der Waals surface area contributed by atoms with Gasteiger partial charge in [0.25, 0.3) is 11.6 Å². The molecule has 1 amide bonds. The van der Waals surface area contributed by atoms with Gasteiger partial charge in [-0.15, -0.1) is 0 Å². The molecule has 0 aliphatic heterocycles. The molecule has 22 heavy (non-hydrogen) atoms. The number of rotatable bonds is 6. The Labute approximate surface area is 129 Å². The summed E-state index contributed by atoms with van der Waals surface area (Å²) in [5.41, 5.74) is 4.32. The van der Waals surface area contributed by atoms with Crippen LogP contribution in [0.3, 0.4) is 0 Å². The number of hydrogen-bond donors (Lipinski definition) is 3. The second-order valence-corrected chi connectivity index (χ2v) is 5.63. The molecule has 2 heterocycles. The van der Waals surface area contributed by atoms with Crippen LogP contribution in [0, 0.1) is 10.1 Å². The predicted molar refractivity (Wildman–Crippen MR) is 81.8 cm³/mol. The Hall–Kier alpha value is -2.52. The van der Waals surface area contributed by atoms with Gasteiger partial charge in [-0.2, -0.15) is 11.3 Å². The van der Waals surface area contributed by atoms with E-state index in [-0.39, 0.29) is 23.6 Å². The summed E-state index contributed by atoms with van der Waals surface area (Å²) in [6.07, 6.45) is 1.02. The van der Waals surface area contributed by atoms with Crippen molar-refractivity contribution in [3.8, 4) is 0 Å². The second-order valence-electron chi connectivity index (χ2n) is 4.85. The van der Waals surface area contributed by atoms with Crippen LogP contribution in [0.1, 0.15) is 22.8 Å². The maximum absolute atomic E-state index is 11.4. The van der Waals surface area contributed by atoms with E-state index >= 15 is 0 Å². The van der Waals surface area contributed by atoms with Crippen molar-refractivity contribution in [2.24, 2.45) is 5.73 Å². The van der Waals surface area contributed by atoms with Crippen LogP contribution >= 0.6 is 11.3 Å². The summed E-state index contributed by atoms with van der Waals surface area (Å²) in [5.74, 6) is -0.748. The number of carbonyl (C=O) groups excluding carboxylic acids is 1. The Bertz CT molecular complexity index is 700. The Balaban J connectivity index is 2.22. The van der Waals surface area contributed by atoms with Crippen molar-refractivity contribution in [2.45, 2.75) is 12.5 Å². The first kappa shape index (κ1) is 15.9. The monoisotopic (exact) mass is 322 g/mol. The molecule has 1 unspecified atom stereocenters. The number of nitrogens with two attached hydrogens (primary N) is 1. The molecule has 2 aromatic heterocycles. The number of primary amides is 1. The Morgan fingerprint density at radius 1 is 1.64 bits per heavy atom. The lowest BCUT2D eigenvalue weighted by Gasteiger charge is -2.23. The zero-order valence-corrected chi connectivity index (χ0v) is 12.5. The van der Waals surface area contributed by atoms with Gasteiger partial charge in [0, 0.05) is 12.6 Å². The highest BCUT2D eigenvalue weighted by Crippen LogP contribution is 2.25. The SMILES string of the molecule is CC(O)(CNc1ncc([N+](=O)[O-])cc1C(N)=O)c1ccsc1. The third-order valence-corrected chi connectivity index (χ3v) is 3.78. The van der Waals surface area contributed by atoms with Gasteiger partial charge in [0.2, 0.25) is 0 Å². The molecule has 2 rings (SSSR count). The fourth-order valence-corrected chi connectivity index (χ4v) is 2.59. The Kier molecular flexibility index (Phi) is 4.38. The number of nitrogens with zero attached hydrogens (tertiary/aromatic N) is 2. The number of pyridine rings is 1. The summed E-state index contributed by atoms with van der Waals surface area (Å²) < 4.78 is 0. The third kappa shape index (κ3) is 3.38. The van der Waals surface area contributed by atoms with Crippen molar-refractivity contribution >= 4 is 28.7 Å². The number of nitrogens with one attached hydrogen (secondary N) is 1. The van der Waals surface area contributed by atoms with Crippen molar-refractivity contribution in [2.75, 3.05) is 11.9 Å². The molecule has 4 N–H and O–H groups in total. The average molecular weight is 322 g/mol. The highest BCUT2D eigenvalue weighted by Gasteiger charge is 2.25. The fraction of sp³-hybridized carbons (Fsp3) is 0.231. The van der Waals surface area contributed by atoms with Gasteiger partial charge in [-0.25, -0.2) is 4.98 Å². The highest BCUT2D eigenvalue weighted by atomic mass is 32.1. The minimum absolute atomic E-state index is 0.0643. The maximum atomic E-state index is 11.4. The van der Waals surface area contributed by atoms with E-state index in [2.05, 4.69) is 10.3 Å². The molecule has 0 aliphatic rings.